The summed E-state index contributed by atoms with van der Waals surface area (Å²) in [6.45, 7) is 4.25. The molecule has 0 saturated heterocycles. The SMILES string of the molecule is Cc1nn(CC(=O)N(C)Cc2cccc(O)c2)c(C)c1N. The third kappa shape index (κ3) is 3.34. The van der Waals surface area contributed by atoms with E-state index in [1.807, 2.05) is 19.9 Å². The van der Waals surface area contributed by atoms with E-state index in [0.717, 1.165) is 17.0 Å². The van der Waals surface area contributed by atoms with E-state index < -0.39 is 0 Å². The summed E-state index contributed by atoms with van der Waals surface area (Å²) in [4.78, 5) is 13.8. The van der Waals surface area contributed by atoms with Crippen molar-refractivity contribution in [3.8, 4) is 5.75 Å². The number of nitrogen functional groups attached to an aromatic ring is 1. The molecule has 0 aliphatic rings. The second-order valence-corrected chi connectivity index (χ2v) is 5.16. The highest BCUT2D eigenvalue weighted by Gasteiger charge is 2.14. The van der Waals surface area contributed by atoms with Crippen molar-refractivity contribution >= 4 is 11.6 Å². The molecule has 6 heteroatoms. The zero-order valence-corrected chi connectivity index (χ0v) is 12.5. The lowest BCUT2D eigenvalue weighted by Gasteiger charge is -2.18. The van der Waals surface area contributed by atoms with Crippen molar-refractivity contribution < 1.29 is 9.90 Å². The molecule has 1 heterocycles. The number of phenolic OH excluding ortho intramolecular Hbond substituents is 1. The van der Waals surface area contributed by atoms with Crippen LogP contribution in [0.4, 0.5) is 5.69 Å². The summed E-state index contributed by atoms with van der Waals surface area (Å²) in [5, 5.41) is 13.7. The van der Waals surface area contributed by atoms with Gasteiger partial charge in [0.25, 0.3) is 0 Å². The smallest absolute Gasteiger partial charge is 0.244 e. The maximum absolute atomic E-state index is 12.2. The number of amides is 1. The predicted molar refractivity (Wildman–Crippen MR) is 80.7 cm³/mol. The molecule has 6 nitrogen and oxygen atoms in total. The second kappa shape index (κ2) is 5.87. The first-order valence-corrected chi connectivity index (χ1v) is 6.70. The minimum atomic E-state index is -0.0658. The van der Waals surface area contributed by atoms with Crippen LogP contribution in [0, 0.1) is 13.8 Å². The van der Waals surface area contributed by atoms with Gasteiger partial charge in [0.05, 0.1) is 17.1 Å². The highest BCUT2D eigenvalue weighted by molar-refractivity contribution is 5.76. The molecular weight excluding hydrogens is 268 g/mol. The molecule has 1 aromatic carbocycles. The van der Waals surface area contributed by atoms with E-state index in [-0.39, 0.29) is 18.2 Å². The molecule has 1 amide bonds. The normalized spacial score (nSPS) is 10.6. The van der Waals surface area contributed by atoms with Crippen molar-refractivity contribution in [1.82, 2.24) is 14.7 Å². The molecule has 1 aromatic heterocycles. The molecule has 0 aliphatic heterocycles. The Hall–Kier alpha value is -2.50. The first-order chi connectivity index (χ1) is 9.88. The summed E-state index contributed by atoms with van der Waals surface area (Å²) in [7, 11) is 1.72. The van der Waals surface area contributed by atoms with E-state index in [9.17, 15) is 9.90 Å². The number of aryl methyl sites for hydroxylation is 1. The first kappa shape index (κ1) is 14.9. The van der Waals surface area contributed by atoms with E-state index in [4.69, 9.17) is 5.73 Å². The second-order valence-electron chi connectivity index (χ2n) is 5.16. The molecule has 3 N–H and O–H groups in total. The molecule has 2 aromatic rings. The van der Waals surface area contributed by atoms with Crippen molar-refractivity contribution in [2.45, 2.75) is 26.9 Å². The number of benzene rings is 1. The molecule has 0 bridgehead atoms. The number of likely N-dealkylation sites (N-methyl/N-ethyl adjacent to an activating group) is 1. The van der Waals surface area contributed by atoms with Crippen LogP contribution in [-0.2, 0) is 17.9 Å². The number of carbonyl (C=O) groups is 1. The topological polar surface area (TPSA) is 84.4 Å². The fourth-order valence-corrected chi connectivity index (χ4v) is 2.13. The van der Waals surface area contributed by atoms with E-state index in [1.165, 1.54) is 0 Å². The average Bonchev–Trinajstić information content (AvgIpc) is 2.66. The van der Waals surface area contributed by atoms with Crippen LogP contribution >= 0.6 is 0 Å². The minimum absolute atomic E-state index is 0.0658. The van der Waals surface area contributed by atoms with Crippen molar-refractivity contribution in [3.05, 3.63) is 41.2 Å². The van der Waals surface area contributed by atoms with Crippen LogP contribution in [0.25, 0.3) is 0 Å². The van der Waals surface area contributed by atoms with Crippen LogP contribution in [0.3, 0.4) is 0 Å². The molecule has 2 rings (SSSR count). The van der Waals surface area contributed by atoms with Crippen LogP contribution in [-0.4, -0.2) is 32.7 Å². The number of nitrogens with zero attached hydrogens (tertiary/aromatic N) is 3. The average molecular weight is 288 g/mol. The maximum atomic E-state index is 12.2. The van der Waals surface area contributed by atoms with Gasteiger partial charge in [0.15, 0.2) is 0 Å². The summed E-state index contributed by atoms with van der Waals surface area (Å²) >= 11 is 0. The maximum Gasteiger partial charge on any atom is 0.244 e. The van der Waals surface area contributed by atoms with Crippen LogP contribution in [0.1, 0.15) is 17.0 Å². The van der Waals surface area contributed by atoms with Crippen LogP contribution in [0.5, 0.6) is 5.75 Å². The number of aromatic hydroxyl groups is 1. The molecule has 112 valence electrons. The number of aromatic nitrogens is 2. The molecule has 0 radical (unpaired) electrons. The number of hydrogen-bond donors (Lipinski definition) is 2. The number of nitrogens with two attached hydrogens (primary N) is 1. The van der Waals surface area contributed by atoms with Gasteiger partial charge in [-0.2, -0.15) is 5.10 Å². The monoisotopic (exact) mass is 288 g/mol. The summed E-state index contributed by atoms with van der Waals surface area (Å²) in [6.07, 6.45) is 0. The fourth-order valence-electron chi connectivity index (χ4n) is 2.13. The van der Waals surface area contributed by atoms with Gasteiger partial charge < -0.3 is 15.7 Å². The largest absolute Gasteiger partial charge is 0.508 e. The van der Waals surface area contributed by atoms with Crippen LogP contribution < -0.4 is 5.73 Å². The molecule has 21 heavy (non-hydrogen) atoms. The summed E-state index contributed by atoms with van der Waals surface area (Å²) in [5.74, 6) is 0.128. The van der Waals surface area contributed by atoms with E-state index in [0.29, 0.717) is 12.2 Å². The first-order valence-electron chi connectivity index (χ1n) is 6.70. The summed E-state index contributed by atoms with van der Waals surface area (Å²) in [5.41, 5.74) is 8.89. The number of hydrogen-bond acceptors (Lipinski definition) is 4. The Labute approximate surface area is 123 Å². The van der Waals surface area contributed by atoms with Crippen molar-refractivity contribution in [2.24, 2.45) is 0 Å². The number of rotatable bonds is 4. The lowest BCUT2D eigenvalue weighted by Crippen LogP contribution is -2.30. The lowest BCUT2D eigenvalue weighted by atomic mass is 10.2. The van der Waals surface area contributed by atoms with Crippen LogP contribution in [0.2, 0.25) is 0 Å². The third-order valence-electron chi connectivity index (χ3n) is 3.48. The van der Waals surface area contributed by atoms with Gasteiger partial charge in [0.2, 0.25) is 5.91 Å². The fraction of sp³-hybridized carbons (Fsp3) is 0.333. The van der Waals surface area contributed by atoms with E-state index >= 15 is 0 Å². The number of anilines is 1. The molecular formula is C15H20N4O2. The minimum Gasteiger partial charge on any atom is -0.508 e. The van der Waals surface area contributed by atoms with Gasteiger partial charge in [-0.25, -0.2) is 0 Å². The molecule has 0 fully saturated rings. The molecule has 0 unspecified atom stereocenters. The standard InChI is InChI=1S/C15H20N4O2/c1-10-15(16)11(2)19(17-10)9-14(21)18(3)8-12-5-4-6-13(20)7-12/h4-7,20H,8-9,16H2,1-3H3. The summed E-state index contributed by atoms with van der Waals surface area (Å²) in [6, 6.07) is 6.87. The van der Waals surface area contributed by atoms with Gasteiger partial charge in [-0.15, -0.1) is 0 Å². The molecule has 0 aliphatic carbocycles. The van der Waals surface area contributed by atoms with E-state index in [2.05, 4.69) is 5.10 Å². The Morgan fingerprint density at radius 2 is 2.14 bits per heavy atom. The molecule has 0 atom stereocenters. The van der Waals surface area contributed by atoms with Gasteiger partial charge in [-0.05, 0) is 31.5 Å². The van der Waals surface area contributed by atoms with Gasteiger partial charge in [-0.3, -0.25) is 9.48 Å². The molecule has 0 spiro atoms. The Kier molecular flexibility index (Phi) is 4.16. The Morgan fingerprint density at radius 1 is 1.43 bits per heavy atom. The Balaban J connectivity index is 2.04. The third-order valence-corrected chi connectivity index (χ3v) is 3.48. The quantitative estimate of drug-likeness (QED) is 0.891. The van der Waals surface area contributed by atoms with Crippen molar-refractivity contribution in [2.75, 3.05) is 12.8 Å². The van der Waals surface area contributed by atoms with Crippen LogP contribution in [0.15, 0.2) is 24.3 Å². The van der Waals surface area contributed by atoms with Gasteiger partial charge >= 0.3 is 0 Å². The Bertz CT molecular complexity index is 664. The Morgan fingerprint density at radius 3 is 2.71 bits per heavy atom. The highest BCUT2D eigenvalue weighted by Crippen LogP contribution is 2.16. The summed E-state index contributed by atoms with van der Waals surface area (Å²) < 4.78 is 1.62. The number of carbonyl (C=O) groups excluding carboxylic acids is 1. The van der Waals surface area contributed by atoms with Gasteiger partial charge in [-0.1, -0.05) is 12.1 Å². The molecule has 0 saturated carbocycles. The van der Waals surface area contributed by atoms with Gasteiger partial charge in [0, 0.05) is 13.6 Å². The number of phenols is 1. The van der Waals surface area contributed by atoms with Crippen molar-refractivity contribution in [3.63, 3.8) is 0 Å². The lowest BCUT2D eigenvalue weighted by molar-refractivity contribution is -0.131. The zero-order chi connectivity index (χ0) is 15.6. The zero-order valence-electron chi connectivity index (χ0n) is 12.5. The van der Waals surface area contributed by atoms with E-state index in [1.54, 1.807) is 34.8 Å². The van der Waals surface area contributed by atoms with Crippen molar-refractivity contribution in [1.29, 1.82) is 0 Å². The predicted octanol–water partition coefficient (Wildman–Crippen LogP) is 1.45. The highest BCUT2D eigenvalue weighted by atomic mass is 16.3. The van der Waals surface area contributed by atoms with Gasteiger partial charge in [0.1, 0.15) is 12.3 Å².